The lowest BCUT2D eigenvalue weighted by atomic mass is 10.2. The van der Waals surface area contributed by atoms with E-state index < -0.39 is 0 Å². The van der Waals surface area contributed by atoms with Crippen molar-refractivity contribution in [1.82, 2.24) is 0 Å². The first-order valence-electron chi connectivity index (χ1n) is 6.48. The first-order valence-corrected chi connectivity index (χ1v) is 6.48. The Morgan fingerprint density at radius 2 is 2.33 bits per heavy atom. The molecule has 2 rings (SSSR count). The van der Waals surface area contributed by atoms with Crippen molar-refractivity contribution in [1.29, 1.82) is 0 Å². The molecule has 1 amide bonds. The van der Waals surface area contributed by atoms with E-state index in [4.69, 9.17) is 4.74 Å². The maximum atomic E-state index is 11.7. The number of carbonyl (C=O) groups excluding carboxylic acids is 1. The fourth-order valence-corrected chi connectivity index (χ4v) is 1.99. The zero-order valence-corrected chi connectivity index (χ0v) is 11.0. The minimum Gasteiger partial charge on any atom is -0.490 e. The lowest BCUT2D eigenvalue weighted by Gasteiger charge is -2.28. The first-order chi connectivity index (χ1) is 8.70. The minimum atomic E-state index is 0.0798. The van der Waals surface area contributed by atoms with E-state index in [1.165, 1.54) is 0 Å². The third-order valence-electron chi connectivity index (χ3n) is 3.10. The second-order valence-electron chi connectivity index (χ2n) is 4.60. The van der Waals surface area contributed by atoms with Gasteiger partial charge < -0.3 is 15.0 Å². The Labute approximate surface area is 108 Å². The summed E-state index contributed by atoms with van der Waals surface area (Å²) in [5.41, 5.74) is 1.88. The van der Waals surface area contributed by atoms with Crippen LogP contribution in [0.2, 0.25) is 0 Å². The molecule has 0 aliphatic carbocycles. The highest BCUT2D eigenvalue weighted by Crippen LogP contribution is 2.33. The summed E-state index contributed by atoms with van der Waals surface area (Å²) in [4.78, 5) is 13.8. The van der Waals surface area contributed by atoms with Gasteiger partial charge in [0.1, 0.15) is 12.4 Å². The van der Waals surface area contributed by atoms with Crippen LogP contribution in [0.5, 0.6) is 5.75 Å². The van der Waals surface area contributed by atoms with Crippen molar-refractivity contribution in [2.45, 2.75) is 26.2 Å². The lowest BCUT2D eigenvalue weighted by molar-refractivity contribution is -0.116. The van der Waals surface area contributed by atoms with Gasteiger partial charge in [0, 0.05) is 19.2 Å². The second kappa shape index (κ2) is 5.76. The Morgan fingerprint density at radius 3 is 3.11 bits per heavy atom. The molecule has 4 nitrogen and oxygen atoms in total. The molecule has 0 atom stereocenters. The number of nitrogens with one attached hydrogen (secondary N) is 1. The predicted octanol–water partition coefficient (Wildman–Crippen LogP) is 2.64. The Balaban J connectivity index is 2.06. The fraction of sp³-hybridized carbons (Fsp3) is 0.500. The number of hydrogen-bond acceptors (Lipinski definition) is 3. The zero-order valence-electron chi connectivity index (χ0n) is 11.0. The topological polar surface area (TPSA) is 41.6 Å². The quantitative estimate of drug-likeness (QED) is 0.890. The molecule has 1 aliphatic heterocycles. The third-order valence-corrected chi connectivity index (χ3v) is 3.10. The van der Waals surface area contributed by atoms with E-state index in [1.54, 1.807) is 0 Å². The van der Waals surface area contributed by atoms with Gasteiger partial charge in [-0.25, -0.2) is 0 Å². The van der Waals surface area contributed by atoms with Gasteiger partial charge in [0.2, 0.25) is 5.91 Å². The van der Waals surface area contributed by atoms with Crippen LogP contribution in [0.15, 0.2) is 18.2 Å². The van der Waals surface area contributed by atoms with Crippen LogP contribution in [0.4, 0.5) is 11.4 Å². The fourth-order valence-electron chi connectivity index (χ4n) is 1.99. The Morgan fingerprint density at radius 1 is 1.50 bits per heavy atom. The van der Waals surface area contributed by atoms with E-state index in [9.17, 15) is 4.79 Å². The van der Waals surface area contributed by atoms with E-state index in [1.807, 2.05) is 25.2 Å². The highest BCUT2D eigenvalue weighted by Gasteiger charge is 2.15. The van der Waals surface area contributed by atoms with Crippen LogP contribution in [0.1, 0.15) is 26.2 Å². The summed E-state index contributed by atoms with van der Waals surface area (Å²) in [7, 11) is 2.03. The third kappa shape index (κ3) is 2.94. The largest absolute Gasteiger partial charge is 0.490 e. The summed E-state index contributed by atoms with van der Waals surface area (Å²) in [6, 6.07) is 5.78. The van der Waals surface area contributed by atoms with Crippen molar-refractivity contribution < 1.29 is 9.53 Å². The predicted molar refractivity (Wildman–Crippen MR) is 73.4 cm³/mol. The summed E-state index contributed by atoms with van der Waals surface area (Å²) in [5.74, 6) is 0.964. The van der Waals surface area contributed by atoms with Crippen LogP contribution in [-0.2, 0) is 4.79 Å². The Hall–Kier alpha value is -1.71. The number of likely N-dealkylation sites (N-methyl/N-ethyl adjacent to an activating group) is 1. The van der Waals surface area contributed by atoms with Gasteiger partial charge in [-0.15, -0.1) is 0 Å². The number of anilines is 2. The number of fused-ring (bicyclic) bond motifs is 1. The maximum Gasteiger partial charge on any atom is 0.224 e. The summed E-state index contributed by atoms with van der Waals surface area (Å²) < 4.78 is 5.56. The van der Waals surface area contributed by atoms with Crippen molar-refractivity contribution in [3.63, 3.8) is 0 Å². The van der Waals surface area contributed by atoms with Gasteiger partial charge in [-0.05, 0) is 24.6 Å². The molecule has 1 heterocycles. The van der Waals surface area contributed by atoms with E-state index in [0.29, 0.717) is 13.0 Å². The number of unbranched alkanes of at least 4 members (excludes halogenated alkanes) is 1. The molecule has 0 unspecified atom stereocenters. The molecule has 0 aromatic heterocycles. The van der Waals surface area contributed by atoms with Gasteiger partial charge in [0.25, 0.3) is 0 Å². The van der Waals surface area contributed by atoms with Crippen molar-refractivity contribution in [3.8, 4) is 5.75 Å². The molecule has 4 heteroatoms. The molecule has 0 radical (unpaired) electrons. The normalized spacial score (nSPS) is 13.8. The summed E-state index contributed by atoms with van der Waals surface area (Å²) >= 11 is 0. The van der Waals surface area contributed by atoms with Gasteiger partial charge in [-0.1, -0.05) is 13.3 Å². The SMILES string of the molecule is CCCCC(=O)Nc1ccc2c(c1)N(C)CCO2. The van der Waals surface area contributed by atoms with Crippen molar-refractivity contribution in [2.24, 2.45) is 0 Å². The average molecular weight is 248 g/mol. The molecule has 0 bridgehead atoms. The molecule has 0 saturated carbocycles. The van der Waals surface area contributed by atoms with Crippen LogP contribution in [0.3, 0.4) is 0 Å². The molecule has 0 saturated heterocycles. The number of nitrogens with zero attached hydrogens (tertiary/aromatic N) is 1. The maximum absolute atomic E-state index is 11.7. The van der Waals surface area contributed by atoms with Crippen LogP contribution in [0, 0.1) is 0 Å². The molecular formula is C14H20N2O2. The van der Waals surface area contributed by atoms with E-state index in [2.05, 4.69) is 17.1 Å². The van der Waals surface area contributed by atoms with Crippen molar-refractivity contribution in [2.75, 3.05) is 30.4 Å². The highest BCUT2D eigenvalue weighted by atomic mass is 16.5. The van der Waals surface area contributed by atoms with Gasteiger partial charge in [-0.2, -0.15) is 0 Å². The number of benzene rings is 1. The zero-order chi connectivity index (χ0) is 13.0. The summed E-state index contributed by atoms with van der Waals surface area (Å²) in [6.45, 7) is 3.67. The van der Waals surface area contributed by atoms with Gasteiger partial charge >= 0.3 is 0 Å². The van der Waals surface area contributed by atoms with Crippen molar-refractivity contribution in [3.05, 3.63) is 18.2 Å². The van der Waals surface area contributed by atoms with Gasteiger partial charge in [0.15, 0.2) is 0 Å². The minimum absolute atomic E-state index is 0.0798. The Bertz CT molecular complexity index is 432. The number of ether oxygens (including phenoxy) is 1. The lowest BCUT2D eigenvalue weighted by Crippen LogP contribution is -2.28. The molecule has 1 aromatic rings. The molecule has 1 aromatic carbocycles. The molecule has 18 heavy (non-hydrogen) atoms. The van der Waals surface area contributed by atoms with Gasteiger partial charge in [0.05, 0.1) is 12.2 Å². The average Bonchev–Trinajstić information content (AvgIpc) is 2.37. The number of hydrogen-bond donors (Lipinski definition) is 1. The molecule has 0 spiro atoms. The first kappa shape index (κ1) is 12.7. The standard InChI is InChI=1S/C14H20N2O2/c1-3-4-5-14(17)15-11-6-7-13-12(10-11)16(2)8-9-18-13/h6-7,10H,3-5,8-9H2,1-2H3,(H,15,17). The smallest absolute Gasteiger partial charge is 0.224 e. The number of amides is 1. The molecule has 0 fully saturated rings. The van der Waals surface area contributed by atoms with E-state index >= 15 is 0 Å². The van der Waals surface area contributed by atoms with Crippen LogP contribution >= 0.6 is 0 Å². The van der Waals surface area contributed by atoms with Crippen LogP contribution in [0.25, 0.3) is 0 Å². The number of carbonyl (C=O) groups is 1. The molecule has 1 aliphatic rings. The van der Waals surface area contributed by atoms with Crippen LogP contribution in [-0.4, -0.2) is 26.1 Å². The van der Waals surface area contributed by atoms with E-state index in [0.717, 1.165) is 36.5 Å². The summed E-state index contributed by atoms with van der Waals surface area (Å²) in [5, 5.41) is 2.93. The van der Waals surface area contributed by atoms with Crippen molar-refractivity contribution >= 4 is 17.3 Å². The summed E-state index contributed by atoms with van der Waals surface area (Å²) in [6.07, 6.45) is 2.55. The second-order valence-corrected chi connectivity index (χ2v) is 4.60. The highest BCUT2D eigenvalue weighted by molar-refractivity contribution is 5.91. The van der Waals surface area contributed by atoms with E-state index in [-0.39, 0.29) is 5.91 Å². The number of rotatable bonds is 4. The van der Waals surface area contributed by atoms with Crippen LogP contribution < -0.4 is 15.0 Å². The molecular weight excluding hydrogens is 228 g/mol. The van der Waals surface area contributed by atoms with Gasteiger partial charge in [-0.3, -0.25) is 4.79 Å². The molecule has 1 N–H and O–H groups in total. The Kier molecular flexibility index (Phi) is 4.07. The molecule has 98 valence electrons. The monoisotopic (exact) mass is 248 g/mol.